The SMILES string of the molecule is N#CC1=C(N)Oc2ccc(F)cc2C1C(C#N)C#N. The third-order valence-electron chi connectivity index (χ3n) is 2.84. The zero-order chi connectivity index (χ0) is 14.0. The number of ether oxygens (including phenoxy) is 1. The van der Waals surface area contributed by atoms with E-state index in [9.17, 15) is 4.39 Å². The molecule has 1 aliphatic heterocycles. The van der Waals surface area contributed by atoms with E-state index in [0.717, 1.165) is 6.07 Å². The number of rotatable bonds is 1. The number of nitriles is 3. The van der Waals surface area contributed by atoms with E-state index in [1.54, 1.807) is 12.1 Å². The molecule has 6 heteroatoms. The molecule has 0 bridgehead atoms. The van der Waals surface area contributed by atoms with Gasteiger partial charge in [0.2, 0.25) is 5.88 Å². The van der Waals surface area contributed by atoms with Gasteiger partial charge in [0, 0.05) is 5.56 Å². The Bertz CT molecular complexity index is 676. The van der Waals surface area contributed by atoms with Gasteiger partial charge in [-0.25, -0.2) is 4.39 Å². The summed E-state index contributed by atoms with van der Waals surface area (Å²) in [4.78, 5) is 0. The van der Waals surface area contributed by atoms with E-state index in [-0.39, 0.29) is 22.8 Å². The summed E-state index contributed by atoms with van der Waals surface area (Å²) in [5.41, 5.74) is 5.84. The third kappa shape index (κ3) is 1.94. The number of halogens is 1. The predicted octanol–water partition coefficient (Wildman–Crippen LogP) is 1.66. The summed E-state index contributed by atoms with van der Waals surface area (Å²) < 4.78 is 18.5. The lowest BCUT2D eigenvalue weighted by molar-refractivity contribution is 0.381. The Kier molecular flexibility index (Phi) is 3.06. The second kappa shape index (κ2) is 4.68. The fourth-order valence-electron chi connectivity index (χ4n) is 1.99. The van der Waals surface area contributed by atoms with Crippen LogP contribution in [-0.4, -0.2) is 0 Å². The molecule has 19 heavy (non-hydrogen) atoms. The molecule has 1 aromatic carbocycles. The molecular formula is C13H7FN4O. The molecule has 0 amide bonds. The third-order valence-corrected chi connectivity index (χ3v) is 2.84. The molecule has 1 heterocycles. The number of nitrogens with two attached hydrogens (primary N) is 1. The van der Waals surface area contributed by atoms with Crippen molar-refractivity contribution in [2.45, 2.75) is 5.92 Å². The molecule has 2 rings (SSSR count). The Morgan fingerprint density at radius 1 is 1.26 bits per heavy atom. The van der Waals surface area contributed by atoms with Gasteiger partial charge < -0.3 is 10.5 Å². The number of benzene rings is 1. The highest BCUT2D eigenvalue weighted by molar-refractivity contribution is 5.52. The molecule has 0 aromatic heterocycles. The van der Waals surface area contributed by atoms with Gasteiger partial charge in [0.1, 0.15) is 23.6 Å². The molecule has 0 saturated carbocycles. The van der Waals surface area contributed by atoms with Crippen molar-refractivity contribution in [3.05, 3.63) is 41.0 Å². The molecule has 5 nitrogen and oxygen atoms in total. The first kappa shape index (κ1) is 12.4. The van der Waals surface area contributed by atoms with Gasteiger partial charge in [0.25, 0.3) is 0 Å². The molecule has 92 valence electrons. The highest BCUT2D eigenvalue weighted by atomic mass is 19.1. The maximum absolute atomic E-state index is 13.3. The van der Waals surface area contributed by atoms with Crippen LogP contribution >= 0.6 is 0 Å². The highest BCUT2D eigenvalue weighted by Crippen LogP contribution is 2.42. The monoisotopic (exact) mass is 254 g/mol. The second-order valence-electron chi connectivity index (χ2n) is 3.89. The van der Waals surface area contributed by atoms with Crippen LogP contribution in [0.15, 0.2) is 29.7 Å². The van der Waals surface area contributed by atoms with Crippen LogP contribution in [0.1, 0.15) is 11.5 Å². The van der Waals surface area contributed by atoms with E-state index >= 15 is 0 Å². The topological polar surface area (TPSA) is 107 Å². The van der Waals surface area contributed by atoms with Crippen LogP contribution in [0.25, 0.3) is 0 Å². The molecule has 0 spiro atoms. The smallest absolute Gasteiger partial charge is 0.205 e. The standard InChI is InChI=1S/C13H7FN4O/c14-8-1-2-11-9(3-8)12(7(4-15)5-16)10(6-17)13(18)19-11/h1-3,7,12H,18H2. The van der Waals surface area contributed by atoms with E-state index < -0.39 is 17.7 Å². The fraction of sp³-hybridized carbons (Fsp3) is 0.154. The van der Waals surface area contributed by atoms with Crippen molar-refractivity contribution in [3.8, 4) is 24.0 Å². The Labute approximate surface area is 108 Å². The van der Waals surface area contributed by atoms with Crippen LogP contribution < -0.4 is 10.5 Å². The maximum Gasteiger partial charge on any atom is 0.205 e. The van der Waals surface area contributed by atoms with Gasteiger partial charge in [-0.3, -0.25) is 0 Å². The van der Waals surface area contributed by atoms with Crippen LogP contribution in [0.3, 0.4) is 0 Å². The number of hydrogen-bond acceptors (Lipinski definition) is 5. The van der Waals surface area contributed by atoms with Crippen LogP contribution in [0.4, 0.5) is 4.39 Å². The maximum atomic E-state index is 13.3. The molecule has 2 N–H and O–H groups in total. The van der Waals surface area contributed by atoms with Gasteiger partial charge in [-0.1, -0.05) is 0 Å². The number of fused-ring (bicyclic) bond motifs is 1. The molecule has 1 aliphatic rings. The molecule has 1 aromatic rings. The lowest BCUT2D eigenvalue weighted by Gasteiger charge is -2.26. The normalized spacial score (nSPS) is 16.9. The number of nitrogens with zero attached hydrogens (tertiary/aromatic N) is 3. The Balaban J connectivity index is 2.68. The zero-order valence-corrected chi connectivity index (χ0v) is 9.59. The minimum Gasteiger partial charge on any atom is -0.440 e. The average Bonchev–Trinajstić information content (AvgIpc) is 2.40. The van der Waals surface area contributed by atoms with Gasteiger partial charge in [0.05, 0.1) is 23.6 Å². The van der Waals surface area contributed by atoms with Gasteiger partial charge in [-0.15, -0.1) is 0 Å². The molecular weight excluding hydrogens is 247 g/mol. The molecule has 1 atom stereocenters. The molecule has 0 fully saturated rings. The Hall–Kier alpha value is -3.04. The second-order valence-corrected chi connectivity index (χ2v) is 3.89. The van der Waals surface area contributed by atoms with E-state index in [2.05, 4.69) is 0 Å². The summed E-state index contributed by atoms with van der Waals surface area (Å²) >= 11 is 0. The van der Waals surface area contributed by atoms with Crippen molar-refractivity contribution >= 4 is 0 Å². The van der Waals surface area contributed by atoms with E-state index in [0.29, 0.717) is 0 Å². The minimum atomic E-state index is -1.14. The van der Waals surface area contributed by atoms with Gasteiger partial charge in [0.15, 0.2) is 0 Å². The minimum absolute atomic E-state index is 0.0359. The summed E-state index contributed by atoms with van der Waals surface area (Å²) in [6.07, 6.45) is 0. The van der Waals surface area contributed by atoms with Crippen molar-refractivity contribution in [1.29, 1.82) is 15.8 Å². The fourth-order valence-corrected chi connectivity index (χ4v) is 1.99. The lowest BCUT2D eigenvalue weighted by Crippen LogP contribution is -2.24. The van der Waals surface area contributed by atoms with Crippen molar-refractivity contribution in [2.75, 3.05) is 0 Å². The average molecular weight is 254 g/mol. The van der Waals surface area contributed by atoms with Crippen LogP contribution in [0.5, 0.6) is 5.75 Å². The zero-order valence-electron chi connectivity index (χ0n) is 9.59. The van der Waals surface area contributed by atoms with Crippen LogP contribution in [0, 0.1) is 45.7 Å². The van der Waals surface area contributed by atoms with Crippen molar-refractivity contribution in [3.63, 3.8) is 0 Å². The van der Waals surface area contributed by atoms with E-state index in [4.69, 9.17) is 26.3 Å². The number of allylic oxidation sites excluding steroid dienone is 1. The van der Waals surface area contributed by atoms with E-state index in [1.807, 2.05) is 6.07 Å². The molecule has 1 unspecified atom stereocenters. The highest BCUT2D eigenvalue weighted by Gasteiger charge is 2.35. The van der Waals surface area contributed by atoms with Gasteiger partial charge in [-0.05, 0) is 18.2 Å². The lowest BCUT2D eigenvalue weighted by atomic mass is 9.80. The van der Waals surface area contributed by atoms with Gasteiger partial charge >= 0.3 is 0 Å². The molecule has 0 radical (unpaired) electrons. The van der Waals surface area contributed by atoms with Crippen LogP contribution in [0.2, 0.25) is 0 Å². The summed E-state index contributed by atoms with van der Waals surface area (Å²) in [5.74, 6) is -2.50. The Morgan fingerprint density at radius 3 is 2.53 bits per heavy atom. The van der Waals surface area contributed by atoms with Crippen molar-refractivity contribution < 1.29 is 9.13 Å². The Morgan fingerprint density at radius 2 is 1.95 bits per heavy atom. The molecule has 0 saturated heterocycles. The first-order valence-electron chi connectivity index (χ1n) is 5.28. The first-order chi connectivity index (χ1) is 9.12. The van der Waals surface area contributed by atoms with Crippen molar-refractivity contribution in [2.24, 2.45) is 11.7 Å². The van der Waals surface area contributed by atoms with Gasteiger partial charge in [-0.2, -0.15) is 15.8 Å². The summed E-state index contributed by atoms with van der Waals surface area (Å²) in [5, 5.41) is 27.1. The van der Waals surface area contributed by atoms with Crippen LogP contribution in [-0.2, 0) is 0 Å². The van der Waals surface area contributed by atoms with Crippen molar-refractivity contribution in [1.82, 2.24) is 0 Å². The first-order valence-corrected chi connectivity index (χ1v) is 5.28. The predicted molar refractivity (Wildman–Crippen MR) is 61.3 cm³/mol. The summed E-state index contributed by atoms with van der Waals surface area (Å²) in [6, 6.07) is 9.06. The summed E-state index contributed by atoms with van der Waals surface area (Å²) in [7, 11) is 0. The number of hydrogen-bond donors (Lipinski definition) is 1. The molecule has 0 aliphatic carbocycles. The summed E-state index contributed by atoms with van der Waals surface area (Å²) in [6.45, 7) is 0. The largest absolute Gasteiger partial charge is 0.440 e. The quantitative estimate of drug-likeness (QED) is 0.820. The van der Waals surface area contributed by atoms with E-state index in [1.165, 1.54) is 12.1 Å².